The van der Waals surface area contributed by atoms with Crippen LogP contribution in [0.3, 0.4) is 0 Å². The number of aromatic nitrogens is 3. The molecule has 3 heterocycles. The Morgan fingerprint density at radius 2 is 1.89 bits per heavy atom. The summed E-state index contributed by atoms with van der Waals surface area (Å²) >= 11 is 0. The molecule has 3 rings (SSSR count). The minimum Gasteiger partial charge on any atom is -0.343 e. The van der Waals surface area contributed by atoms with Crippen molar-refractivity contribution in [2.75, 3.05) is 26.2 Å². The number of rotatable bonds is 7. The summed E-state index contributed by atoms with van der Waals surface area (Å²) in [6, 6.07) is -0.345. The maximum absolute atomic E-state index is 12.7. The van der Waals surface area contributed by atoms with E-state index in [1.807, 2.05) is 23.3 Å². The zero-order valence-electron chi connectivity index (χ0n) is 16.3. The lowest BCUT2D eigenvalue weighted by molar-refractivity contribution is -0.156. The smallest absolute Gasteiger partial charge is 0.245 e. The number of hydrogen-bond acceptors (Lipinski definition) is 5. The lowest BCUT2D eigenvalue weighted by Gasteiger charge is -2.38. The van der Waals surface area contributed by atoms with Gasteiger partial charge in [-0.3, -0.25) is 14.4 Å². The molecule has 1 atom stereocenters. The fraction of sp³-hybridized carbons (Fsp3) is 0.722. The van der Waals surface area contributed by atoms with E-state index >= 15 is 0 Å². The molecule has 2 saturated heterocycles. The highest BCUT2D eigenvalue weighted by molar-refractivity contribution is 5.94. The molecule has 148 valence electrons. The Morgan fingerprint density at radius 3 is 2.56 bits per heavy atom. The van der Waals surface area contributed by atoms with Gasteiger partial charge in [0.25, 0.3) is 0 Å². The molecular formula is C18H28N6O3. The zero-order chi connectivity index (χ0) is 19.6. The van der Waals surface area contributed by atoms with Gasteiger partial charge in [-0.15, -0.1) is 10.2 Å². The van der Waals surface area contributed by atoms with Crippen molar-refractivity contribution in [2.45, 2.75) is 58.7 Å². The minimum absolute atomic E-state index is 0.0574. The molecule has 0 aromatic carbocycles. The van der Waals surface area contributed by atoms with Crippen LogP contribution in [-0.4, -0.2) is 79.4 Å². The summed E-state index contributed by atoms with van der Waals surface area (Å²) in [5.74, 6) is 0.722. The highest BCUT2D eigenvalue weighted by Gasteiger charge is 2.37. The number of nitrogens with zero attached hydrogens (tertiary/aromatic N) is 6. The van der Waals surface area contributed by atoms with Crippen molar-refractivity contribution < 1.29 is 14.4 Å². The minimum atomic E-state index is -0.531. The zero-order valence-corrected chi connectivity index (χ0v) is 16.3. The van der Waals surface area contributed by atoms with Crippen molar-refractivity contribution in [2.24, 2.45) is 0 Å². The first-order valence-electron chi connectivity index (χ1n) is 9.63. The van der Waals surface area contributed by atoms with Gasteiger partial charge in [-0.2, -0.15) is 0 Å². The molecule has 1 aromatic heterocycles. The van der Waals surface area contributed by atoms with Crippen molar-refractivity contribution in [3.05, 3.63) is 12.2 Å². The van der Waals surface area contributed by atoms with E-state index in [1.54, 1.807) is 23.1 Å². The molecule has 2 aliphatic rings. The fourth-order valence-electron chi connectivity index (χ4n) is 3.72. The van der Waals surface area contributed by atoms with Crippen molar-refractivity contribution in [1.82, 2.24) is 29.5 Å². The van der Waals surface area contributed by atoms with Gasteiger partial charge in [0.05, 0.1) is 13.1 Å². The van der Waals surface area contributed by atoms with Crippen molar-refractivity contribution >= 4 is 17.7 Å². The maximum atomic E-state index is 12.7. The Hall–Kier alpha value is -2.45. The monoisotopic (exact) mass is 376 g/mol. The Kier molecular flexibility index (Phi) is 5.76. The second-order valence-electron chi connectivity index (χ2n) is 7.54. The van der Waals surface area contributed by atoms with E-state index in [9.17, 15) is 14.4 Å². The van der Waals surface area contributed by atoms with E-state index < -0.39 is 6.04 Å². The first-order valence-corrected chi connectivity index (χ1v) is 9.63. The standard InChI is InChI=1S/C18H28N6O3/c1-13(2)24-12-19-20-15(24)10-23-14(3)18(27)22(11-17(23)26)9-5-8-21-7-4-6-16(21)25/h12-14H,4-11H2,1-3H3/t14-/m0/s1. The van der Waals surface area contributed by atoms with Crippen LogP contribution in [0.25, 0.3) is 0 Å². The topological polar surface area (TPSA) is 91.6 Å². The van der Waals surface area contributed by atoms with Crippen LogP contribution in [0.5, 0.6) is 0 Å². The van der Waals surface area contributed by atoms with E-state index in [1.165, 1.54) is 0 Å². The van der Waals surface area contributed by atoms with Crippen LogP contribution in [0, 0.1) is 0 Å². The predicted molar refractivity (Wildman–Crippen MR) is 97.4 cm³/mol. The molecule has 9 nitrogen and oxygen atoms in total. The van der Waals surface area contributed by atoms with Gasteiger partial charge in [-0.25, -0.2) is 0 Å². The first kappa shape index (κ1) is 19.3. The van der Waals surface area contributed by atoms with Gasteiger partial charge in [0.2, 0.25) is 17.7 Å². The summed E-state index contributed by atoms with van der Waals surface area (Å²) in [6.45, 7) is 8.09. The number of hydrogen-bond donors (Lipinski definition) is 0. The van der Waals surface area contributed by atoms with Crippen LogP contribution in [-0.2, 0) is 20.9 Å². The fourth-order valence-corrected chi connectivity index (χ4v) is 3.72. The summed E-state index contributed by atoms with van der Waals surface area (Å²) in [7, 11) is 0. The van der Waals surface area contributed by atoms with Crippen LogP contribution < -0.4 is 0 Å². The molecule has 0 spiro atoms. The predicted octanol–water partition coefficient (Wildman–Crippen LogP) is 0.431. The van der Waals surface area contributed by atoms with Crippen LogP contribution in [0.15, 0.2) is 6.33 Å². The maximum Gasteiger partial charge on any atom is 0.245 e. The van der Waals surface area contributed by atoms with E-state index in [0.717, 1.165) is 13.0 Å². The molecule has 0 radical (unpaired) electrons. The molecular weight excluding hydrogens is 348 g/mol. The third-order valence-electron chi connectivity index (χ3n) is 5.33. The Bertz CT molecular complexity index is 716. The number of amides is 3. The largest absolute Gasteiger partial charge is 0.343 e. The first-order chi connectivity index (χ1) is 12.9. The van der Waals surface area contributed by atoms with Crippen molar-refractivity contribution in [1.29, 1.82) is 0 Å². The molecule has 0 bridgehead atoms. The van der Waals surface area contributed by atoms with Gasteiger partial charge in [-0.1, -0.05) is 0 Å². The highest BCUT2D eigenvalue weighted by atomic mass is 16.2. The average molecular weight is 376 g/mol. The van der Waals surface area contributed by atoms with Gasteiger partial charge in [0, 0.05) is 32.1 Å². The SMILES string of the molecule is CC(C)n1cnnc1CN1C(=O)CN(CCCN2CCCC2=O)C(=O)[C@@H]1C. The number of likely N-dealkylation sites (tertiary alicyclic amines) is 1. The second kappa shape index (κ2) is 8.06. The van der Waals surface area contributed by atoms with Crippen LogP contribution in [0.1, 0.15) is 51.9 Å². The average Bonchev–Trinajstić information content (AvgIpc) is 3.25. The van der Waals surface area contributed by atoms with Crippen LogP contribution >= 0.6 is 0 Å². The molecule has 0 N–H and O–H groups in total. The summed E-state index contributed by atoms with van der Waals surface area (Å²) in [5, 5.41) is 8.03. The van der Waals surface area contributed by atoms with Gasteiger partial charge in [0.15, 0.2) is 5.82 Å². The molecule has 0 unspecified atom stereocenters. The molecule has 9 heteroatoms. The Morgan fingerprint density at radius 1 is 1.15 bits per heavy atom. The second-order valence-corrected chi connectivity index (χ2v) is 7.54. The molecule has 1 aromatic rings. The van der Waals surface area contributed by atoms with Gasteiger partial charge in [0.1, 0.15) is 12.4 Å². The van der Waals surface area contributed by atoms with Gasteiger partial charge >= 0.3 is 0 Å². The number of carbonyl (C=O) groups excluding carboxylic acids is 3. The third-order valence-corrected chi connectivity index (χ3v) is 5.33. The van der Waals surface area contributed by atoms with Crippen LogP contribution in [0.2, 0.25) is 0 Å². The molecule has 27 heavy (non-hydrogen) atoms. The lowest BCUT2D eigenvalue weighted by atomic mass is 10.1. The van der Waals surface area contributed by atoms with E-state index in [4.69, 9.17) is 0 Å². The molecule has 0 saturated carbocycles. The quantitative estimate of drug-likeness (QED) is 0.688. The van der Waals surface area contributed by atoms with E-state index in [2.05, 4.69) is 10.2 Å². The Labute approximate surface area is 159 Å². The molecule has 3 amide bonds. The van der Waals surface area contributed by atoms with Crippen LogP contribution in [0.4, 0.5) is 0 Å². The normalized spacial score (nSPS) is 21.1. The third kappa shape index (κ3) is 4.12. The Balaban J connectivity index is 1.57. The van der Waals surface area contributed by atoms with Crippen molar-refractivity contribution in [3.63, 3.8) is 0 Å². The van der Waals surface area contributed by atoms with Gasteiger partial charge in [-0.05, 0) is 33.6 Å². The molecule has 0 aliphatic carbocycles. The molecule has 2 aliphatic heterocycles. The number of carbonyl (C=O) groups is 3. The van der Waals surface area contributed by atoms with Gasteiger partial charge < -0.3 is 19.3 Å². The van der Waals surface area contributed by atoms with Crippen molar-refractivity contribution in [3.8, 4) is 0 Å². The lowest BCUT2D eigenvalue weighted by Crippen LogP contribution is -2.58. The van der Waals surface area contributed by atoms with E-state index in [-0.39, 0.29) is 36.9 Å². The summed E-state index contributed by atoms with van der Waals surface area (Å²) in [5.41, 5.74) is 0. The summed E-state index contributed by atoms with van der Waals surface area (Å²) in [6.07, 6.45) is 3.87. The summed E-state index contributed by atoms with van der Waals surface area (Å²) < 4.78 is 1.91. The molecule has 2 fully saturated rings. The summed E-state index contributed by atoms with van der Waals surface area (Å²) in [4.78, 5) is 42.1. The van der Waals surface area contributed by atoms with E-state index in [0.29, 0.717) is 31.8 Å². The number of piperazine rings is 1. The highest BCUT2D eigenvalue weighted by Crippen LogP contribution is 2.18.